The first-order valence-electron chi connectivity index (χ1n) is 3.61. The predicted octanol–water partition coefficient (Wildman–Crippen LogP) is -1.33. The predicted molar refractivity (Wildman–Crippen MR) is 45.5 cm³/mol. The van der Waals surface area contributed by atoms with Crippen molar-refractivity contribution in [2.75, 3.05) is 6.54 Å². The standard InChI is InChI=1S/C6H14N4O2/c7-5(6(11)12)2-1-3-9-4-10-8/h4-5H,1-3,7-8H2,(H,9,10)(H,11,12). The van der Waals surface area contributed by atoms with Crippen LogP contribution in [0, 0.1) is 0 Å². The SMILES string of the molecule is NNC=NCCCC(N)C(=O)O. The molecule has 0 aromatic heterocycles. The number of carbonyl (C=O) groups is 1. The third-order valence-corrected chi connectivity index (χ3v) is 1.29. The van der Waals surface area contributed by atoms with E-state index in [0.29, 0.717) is 19.4 Å². The van der Waals surface area contributed by atoms with E-state index in [1.807, 2.05) is 0 Å². The molecule has 0 saturated carbocycles. The minimum Gasteiger partial charge on any atom is -0.480 e. The summed E-state index contributed by atoms with van der Waals surface area (Å²) in [5, 5.41) is 8.39. The lowest BCUT2D eigenvalue weighted by atomic mass is 10.2. The van der Waals surface area contributed by atoms with Crippen LogP contribution in [0.15, 0.2) is 4.99 Å². The molecule has 0 aliphatic rings. The molecule has 6 heteroatoms. The molecule has 6 N–H and O–H groups in total. The van der Waals surface area contributed by atoms with Crippen LogP contribution in [0.3, 0.4) is 0 Å². The molecule has 1 unspecified atom stereocenters. The minimum absolute atomic E-state index is 0.428. The fourth-order valence-electron chi connectivity index (χ4n) is 0.643. The highest BCUT2D eigenvalue weighted by molar-refractivity contribution is 5.72. The number of nitrogens with one attached hydrogen (secondary N) is 1. The Hall–Kier alpha value is -1.14. The van der Waals surface area contributed by atoms with Crippen molar-refractivity contribution in [1.82, 2.24) is 5.43 Å². The lowest BCUT2D eigenvalue weighted by molar-refractivity contribution is -0.138. The maximum atomic E-state index is 10.2. The Morgan fingerprint density at radius 1 is 1.75 bits per heavy atom. The number of carboxylic acids is 1. The number of nitrogens with two attached hydrogens (primary N) is 2. The van der Waals surface area contributed by atoms with Crippen molar-refractivity contribution < 1.29 is 9.90 Å². The molecule has 0 aromatic rings. The first-order chi connectivity index (χ1) is 5.68. The third kappa shape index (κ3) is 5.63. The van der Waals surface area contributed by atoms with Crippen molar-refractivity contribution in [1.29, 1.82) is 0 Å². The smallest absolute Gasteiger partial charge is 0.320 e. The molecule has 0 heterocycles. The van der Waals surface area contributed by atoms with Gasteiger partial charge in [0.25, 0.3) is 0 Å². The quantitative estimate of drug-likeness (QED) is 0.131. The van der Waals surface area contributed by atoms with Crippen LogP contribution in [0.5, 0.6) is 0 Å². The summed E-state index contributed by atoms with van der Waals surface area (Å²) in [6.45, 7) is 0.533. The van der Waals surface area contributed by atoms with Gasteiger partial charge in [-0.3, -0.25) is 9.79 Å². The van der Waals surface area contributed by atoms with E-state index >= 15 is 0 Å². The molecule has 0 rings (SSSR count). The summed E-state index contributed by atoms with van der Waals surface area (Å²) in [7, 11) is 0. The highest BCUT2D eigenvalue weighted by Crippen LogP contribution is 1.94. The van der Waals surface area contributed by atoms with Gasteiger partial charge in [-0.25, -0.2) is 5.84 Å². The number of aliphatic imine (C=N–C) groups is 1. The number of carboxylic acid groups (broad SMARTS) is 1. The summed E-state index contributed by atoms with van der Waals surface area (Å²) in [6.07, 6.45) is 2.43. The Kier molecular flexibility index (Phi) is 5.94. The van der Waals surface area contributed by atoms with Gasteiger partial charge in [0.15, 0.2) is 0 Å². The summed E-state index contributed by atoms with van der Waals surface area (Å²) in [5.41, 5.74) is 7.48. The van der Waals surface area contributed by atoms with E-state index in [2.05, 4.69) is 10.4 Å². The van der Waals surface area contributed by atoms with Gasteiger partial charge in [-0.15, -0.1) is 0 Å². The van der Waals surface area contributed by atoms with Gasteiger partial charge in [-0.1, -0.05) is 0 Å². The molecule has 70 valence electrons. The summed E-state index contributed by atoms with van der Waals surface area (Å²) >= 11 is 0. The first kappa shape index (κ1) is 10.9. The van der Waals surface area contributed by atoms with E-state index in [-0.39, 0.29) is 0 Å². The molecule has 0 aliphatic heterocycles. The van der Waals surface area contributed by atoms with Crippen LogP contribution in [-0.4, -0.2) is 30.0 Å². The van der Waals surface area contributed by atoms with Crippen LogP contribution in [0.1, 0.15) is 12.8 Å². The van der Waals surface area contributed by atoms with Crippen molar-refractivity contribution in [2.24, 2.45) is 16.6 Å². The van der Waals surface area contributed by atoms with Crippen molar-refractivity contribution >= 4 is 12.3 Å². The minimum atomic E-state index is -0.976. The molecular formula is C6H14N4O2. The Labute approximate surface area is 70.6 Å². The zero-order valence-corrected chi connectivity index (χ0v) is 6.73. The second kappa shape index (κ2) is 6.56. The highest BCUT2D eigenvalue weighted by atomic mass is 16.4. The number of hydrogen-bond acceptors (Lipinski definition) is 4. The fourth-order valence-corrected chi connectivity index (χ4v) is 0.643. The Balaban J connectivity index is 3.31. The third-order valence-electron chi connectivity index (χ3n) is 1.29. The number of nitrogens with zero attached hydrogens (tertiary/aromatic N) is 1. The van der Waals surface area contributed by atoms with Crippen LogP contribution in [0.25, 0.3) is 0 Å². The van der Waals surface area contributed by atoms with Crippen LogP contribution >= 0.6 is 0 Å². The van der Waals surface area contributed by atoms with Crippen LogP contribution in [0.4, 0.5) is 0 Å². The molecule has 0 radical (unpaired) electrons. The maximum absolute atomic E-state index is 10.2. The summed E-state index contributed by atoms with van der Waals surface area (Å²) < 4.78 is 0. The molecule has 0 aliphatic carbocycles. The van der Waals surface area contributed by atoms with Crippen molar-refractivity contribution in [3.8, 4) is 0 Å². The molecule has 0 spiro atoms. The molecule has 1 atom stereocenters. The number of rotatable bonds is 6. The first-order valence-corrected chi connectivity index (χ1v) is 3.61. The molecule has 0 fully saturated rings. The average Bonchev–Trinajstić information content (AvgIpc) is 2.03. The van der Waals surface area contributed by atoms with Gasteiger partial charge in [-0.2, -0.15) is 0 Å². The van der Waals surface area contributed by atoms with Crippen molar-refractivity contribution in [3.05, 3.63) is 0 Å². The summed E-state index contributed by atoms with van der Waals surface area (Å²) in [5.74, 6) is 3.92. The van der Waals surface area contributed by atoms with Crippen molar-refractivity contribution in [3.63, 3.8) is 0 Å². The van der Waals surface area contributed by atoms with Gasteiger partial charge in [0.05, 0.1) is 6.34 Å². The number of aliphatic carboxylic acids is 1. The van der Waals surface area contributed by atoms with Gasteiger partial charge < -0.3 is 16.3 Å². The maximum Gasteiger partial charge on any atom is 0.320 e. The topological polar surface area (TPSA) is 114 Å². The van der Waals surface area contributed by atoms with Crippen LogP contribution in [0.2, 0.25) is 0 Å². The highest BCUT2D eigenvalue weighted by Gasteiger charge is 2.09. The van der Waals surface area contributed by atoms with E-state index < -0.39 is 12.0 Å². The molecule has 6 nitrogen and oxygen atoms in total. The van der Waals surface area contributed by atoms with E-state index in [0.717, 1.165) is 0 Å². The normalized spacial score (nSPS) is 13.2. The van der Waals surface area contributed by atoms with Gasteiger partial charge in [0.2, 0.25) is 0 Å². The monoisotopic (exact) mass is 174 g/mol. The second-order valence-corrected chi connectivity index (χ2v) is 2.29. The van der Waals surface area contributed by atoms with Crippen LogP contribution < -0.4 is 17.0 Å². The largest absolute Gasteiger partial charge is 0.480 e. The van der Waals surface area contributed by atoms with Crippen molar-refractivity contribution in [2.45, 2.75) is 18.9 Å². The fraction of sp³-hybridized carbons (Fsp3) is 0.667. The van der Waals surface area contributed by atoms with E-state index in [4.69, 9.17) is 16.7 Å². The zero-order chi connectivity index (χ0) is 9.40. The molecule has 0 saturated heterocycles. The molecule has 0 bridgehead atoms. The summed E-state index contributed by atoms with van der Waals surface area (Å²) in [4.78, 5) is 14.0. The van der Waals surface area contributed by atoms with Crippen LogP contribution in [-0.2, 0) is 4.79 Å². The van der Waals surface area contributed by atoms with Gasteiger partial charge in [0, 0.05) is 6.54 Å². The lowest BCUT2D eigenvalue weighted by Crippen LogP contribution is -2.30. The number of hydrazine groups is 1. The lowest BCUT2D eigenvalue weighted by Gasteiger charge is -2.02. The van der Waals surface area contributed by atoms with Gasteiger partial charge in [0.1, 0.15) is 6.04 Å². The Morgan fingerprint density at radius 2 is 2.42 bits per heavy atom. The van der Waals surface area contributed by atoms with E-state index in [9.17, 15) is 4.79 Å². The number of hydrogen-bond donors (Lipinski definition) is 4. The molecular weight excluding hydrogens is 160 g/mol. The van der Waals surface area contributed by atoms with E-state index in [1.54, 1.807) is 0 Å². The summed E-state index contributed by atoms with van der Waals surface area (Å²) in [6, 6.07) is -0.786. The Morgan fingerprint density at radius 3 is 2.92 bits per heavy atom. The average molecular weight is 174 g/mol. The zero-order valence-electron chi connectivity index (χ0n) is 6.73. The van der Waals surface area contributed by atoms with E-state index in [1.165, 1.54) is 6.34 Å². The second-order valence-electron chi connectivity index (χ2n) is 2.29. The van der Waals surface area contributed by atoms with Gasteiger partial charge >= 0.3 is 5.97 Å². The molecule has 0 aromatic carbocycles. The molecule has 12 heavy (non-hydrogen) atoms. The molecule has 0 amide bonds. The van der Waals surface area contributed by atoms with Gasteiger partial charge in [-0.05, 0) is 12.8 Å². The Bertz CT molecular complexity index is 160.